The Labute approximate surface area is 238 Å². The van der Waals surface area contributed by atoms with E-state index in [0.29, 0.717) is 33.4 Å². The lowest BCUT2D eigenvalue weighted by molar-refractivity contribution is -0.274. The number of alkyl halides is 3. The molecule has 1 aromatic heterocycles. The van der Waals surface area contributed by atoms with Gasteiger partial charge >= 0.3 is 12.3 Å². The van der Waals surface area contributed by atoms with Gasteiger partial charge in [-0.2, -0.15) is 0 Å². The number of ether oxygens (including phenoxy) is 3. The van der Waals surface area contributed by atoms with Crippen LogP contribution in [0.15, 0.2) is 76.1 Å². The number of carbonyl (C=O) groups is 1. The number of para-hydroxylation sites is 1. The summed E-state index contributed by atoms with van der Waals surface area (Å²) in [5, 5.41) is 4.54. The second-order valence-electron chi connectivity index (χ2n) is 8.92. The number of hydrogen-bond donors (Lipinski definition) is 0. The topological polar surface area (TPSA) is 70.8 Å². The number of thioether (sulfide) groups is 1. The fraction of sp³-hybridized carbons (Fsp3) is 0.241. The predicted molar refractivity (Wildman–Crippen MR) is 146 cm³/mol. The zero-order valence-electron chi connectivity index (χ0n) is 21.8. The maximum absolute atomic E-state index is 13.0. The summed E-state index contributed by atoms with van der Waals surface area (Å²) in [6.07, 6.45) is -4.86. The summed E-state index contributed by atoms with van der Waals surface area (Å²) in [6.45, 7) is 3.75. The fourth-order valence-corrected chi connectivity index (χ4v) is 5.16. The molecular formula is C29H25ClF3NO5S. The van der Waals surface area contributed by atoms with Gasteiger partial charge in [0, 0.05) is 27.2 Å². The summed E-state index contributed by atoms with van der Waals surface area (Å²) in [5.74, 6) is 0.610. The van der Waals surface area contributed by atoms with Crippen LogP contribution in [-0.4, -0.2) is 24.6 Å². The van der Waals surface area contributed by atoms with Crippen LogP contribution in [-0.2, 0) is 17.1 Å². The van der Waals surface area contributed by atoms with Gasteiger partial charge in [0.2, 0.25) is 0 Å². The van der Waals surface area contributed by atoms with E-state index in [0.717, 1.165) is 10.5 Å². The lowest BCUT2D eigenvalue weighted by Gasteiger charge is -2.14. The van der Waals surface area contributed by atoms with Crippen molar-refractivity contribution in [3.63, 3.8) is 0 Å². The van der Waals surface area contributed by atoms with E-state index in [1.54, 1.807) is 36.4 Å². The molecule has 0 spiro atoms. The monoisotopic (exact) mass is 591 g/mol. The molecule has 0 aliphatic rings. The standard InChI is InChI=1S/C29H25ClF3NO5S/c1-17(2)27-23(26(34-39-27)22-9-4-5-10-25(22)38-29(31,32)33)15-37-20-12-11-19(24(30)14-20)16-40-21-8-6-7-18(13-21)28(35)36-3/h4-14,17H,15-16H2,1-3H3. The van der Waals surface area contributed by atoms with Gasteiger partial charge in [-0.15, -0.1) is 24.9 Å². The van der Waals surface area contributed by atoms with Crippen LogP contribution in [0.4, 0.5) is 13.2 Å². The van der Waals surface area contributed by atoms with Crippen molar-refractivity contribution in [2.45, 2.75) is 43.4 Å². The van der Waals surface area contributed by atoms with E-state index in [1.807, 2.05) is 26.0 Å². The molecule has 0 amide bonds. The third-order valence-electron chi connectivity index (χ3n) is 5.77. The Morgan fingerprint density at radius 2 is 1.85 bits per heavy atom. The van der Waals surface area contributed by atoms with E-state index >= 15 is 0 Å². The molecular weight excluding hydrogens is 567 g/mol. The molecule has 6 nitrogen and oxygen atoms in total. The molecule has 4 aromatic rings. The highest BCUT2D eigenvalue weighted by Crippen LogP contribution is 2.38. The molecule has 0 aliphatic heterocycles. The molecule has 1 heterocycles. The van der Waals surface area contributed by atoms with Crippen molar-refractivity contribution in [2.24, 2.45) is 0 Å². The van der Waals surface area contributed by atoms with Gasteiger partial charge in [0.05, 0.1) is 18.2 Å². The third-order valence-corrected chi connectivity index (χ3v) is 7.16. The quantitative estimate of drug-likeness (QED) is 0.135. The van der Waals surface area contributed by atoms with Gasteiger partial charge in [-0.3, -0.25) is 0 Å². The fourth-order valence-electron chi connectivity index (χ4n) is 3.88. The van der Waals surface area contributed by atoms with E-state index in [2.05, 4.69) is 9.89 Å². The van der Waals surface area contributed by atoms with Crippen LogP contribution >= 0.6 is 23.4 Å². The number of carbonyl (C=O) groups excluding carboxylic acids is 1. The molecule has 40 heavy (non-hydrogen) atoms. The highest BCUT2D eigenvalue weighted by atomic mass is 35.5. The first-order valence-corrected chi connectivity index (χ1v) is 13.5. The average molecular weight is 592 g/mol. The molecule has 0 saturated carbocycles. The highest BCUT2D eigenvalue weighted by Gasteiger charge is 2.33. The van der Waals surface area contributed by atoms with Crippen molar-refractivity contribution in [1.82, 2.24) is 5.16 Å². The lowest BCUT2D eigenvalue weighted by atomic mass is 10.0. The van der Waals surface area contributed by atoms with Crippen molar-refractivity contribution < 1.29 is 36.7 Å². The van der Waals surface area contributed by atoms with Gasteiger partial charge in [-0.25, -0.2) is 4.79 Å². The number of esters is 1. The molecule has 0 unspecified atom stereocenters. The second kappa shape index (κ2) is 12.7. The van der Waals surface area contributed by atoms with Gasteiger partial charge in [0.25, 0.3) is 0 Å². The summed E-state index contributed by atoms with van der Waals surface area (Å²) in [7, 11) is 1.33. The van der Waals surface area contributed by atoms with Gasteiger partial charge in [0.1, 0.15) is 29.6 Å². The predicted octanol–water partition coefficient (Wildman–Crippen LogP) is 8.67. The van der Waals surface area contributed by atoms with Crippen LogP contribution in [0.5, 0.6) is 11.5 Å². The minimum atomic E-state index is -4.86. The molecule has 0 atom stereocenters. The second-order valence-corrected chi connectivity index (χ2v) is 10.4. The first kappa shape index (κ1) is 29.4. The van der Waals surface area contributed by atoms with Crippen LogP contribution < -0.4 is 9.47 Å². The molecule has 210 valence electrons. The Balaban J connectivity index is 1.50. The number of nitrogens with zero attached hydrogens (tertiary/aromatic N) is 1. The summed E-state index contributed by atoms with van der Waals surface area (Å²) < 4.78 is 59.5. The number of methoxy groups -OCH3 is 1. The number of rotatable bonds is 10. The Bertz CT molecular complexity index is 1490. The zero-order chi connectivity index (χ0) is 28.9. The van der Waals surface area contributed by atoms with Crippen molar-refractivity contribution in [3.05, 3.63) is 94.2 Å². The Kier molecular flexibility index (Phi) is 9.32. The van der Waals surface area contributed by atoms with Crippen LogP contribution in [0, 0.1) is 0 Å². The van der Waals surface area contributed by atoms with E-state index in [9.17, 15) is 18.0 Å². The molecule has 0 fully saturated rings. The van der Waals surface area contributed by atoms with Crippen LogP contribution in [0.1, 0.15) is 47.0 Å². The van der Waals surface area contributed by atoms with Crippen molar-refractivity contribution in [3.8, 4) is 22.8 Å². The maximum atomic E-state index is 13.0. The normalized spacial score (nSPS) is 11.5. The highest BCUT2D eigenvalue weighted by molar-refractivity contribution is 7.98. The lowest BCUT2D eigenvalue weighted by Crippen LogP contribution is -2.17. The van der Waals surface area contributed by atoms with Gasteiger partial charge < -0.3 is 18.7 Å². The van der Waals surface area contributed by atoms with Crippen LogP contribution in [0.25, 0.3) is 11.3 Å². The Morgan fingerprint density at radius 1 is 1.07 bits per heavy atom. The first-order valence-electron chi connectivity index (χ1n) is 12.1. The van der Waals surface area contributed by atoms with Gasteiger partial charge in [0.15, 0.2) is 0 Å². The minimum absolute atomic E-state index is 0.0164. The van der Waals surface area contributed by atoms with Crippen LogP contribution in [0.3, 0.4) is 0 Å². The average Bonchev–Trinajstić information content (AvgIpc) is 3.34. The molecule has 4 rings (SSSR count). The number of aromatic nitrogens is 1. The molecule has 0 N–H and O–H groups in total. The SMILES string of the molecule is COC(=O)c1cccc(SCc2ccc(OCc3c(-c4ccccc4OC(F)(F)F)noc3C(C)C)cc2Cl)c1. The Hall–Kier alpha value is -3.63. The van der Waals surface area contributed by atoms with Crippen molar-refractivity contribution >= 4 is 29.3 Å². The summed E-state index contributed by atoms with van der Waals surface area (Å²) in [4.78, 5) is 12.7. The first-order chi connectivity index (χ1) is 19.1. The molecule has 0 bridgehead atoms. The van der Waals surface area contributed by atoms with Crippen molar-refractivity contribution in [1.29, 1.82) is 0 Å². The summed E-state index contributed by atoms with van der Waals surface area (Å²) in [6, 6.07) is 18.1. The molecule has 0 saturated heterocycles. The Morgan fingerprint density at radius 3 is 2.55 bits per heavy atom. The number of benzene rings is 3. The maximum Gasteiger partial charge on any atom is 0.573 e. The largest absolute Gasteiger partial charge is 0.573 e. The smallest absolute Gasteiger partial charge is 0.489 e. The van der Waals surface area contributed by atoms with Gasteiger partial charge in [-0.05, 0) is 48.0 Å². The number of halogens is 4. The van der Waals surface area contributed by atoms with E-state index in [-0.39, 0.29) is 29.5 Å². The molecule has 3 aromatic carbocycles. The van der Waals surface area contributed by atoms with E-state index < -0.39 is 12.3 Å². The van der Waals surface area contributed by atoms with E-state index in [4.69, 9.17) is 25.6 Å². The molecule has 0 radical (unpaired) electrons. The number of hydrogen-bond acceptors (Lipinski definition) is 7. The van der Waals surface area contributed by atoms with Crippen LogP contribution in [0.2, 0.25) is 5.02 Å². The molecule has 0 aliphatic carbocycles. The van der Waals surface area contributed by atoms with Crippen molar-refractivity contribution in [2.75, 3.05) is 7.11 Å². The van der Waals surface area contributed by atoms with Gasteiger partial charge in [-0.1, -0.05) is 54.9 Å². The summed E-state index contributed by atoms with van der Waals surface area (Å²) in [5.41, 5.74) is 2.17. The third kappa shape index (κ3) is 7.31. The summed E-state index contributed by atoms with van der Waals surface area (Å²) >= 11 is 8.04. The van der Waals surface area contributed by atoms with E-state index in [1.165, 1.54) is 37.1 Å². The molecule has 11 heteroatoms. The zero-order valence-corrected chi connectivity index (χ0v) is 23.3. The minimum Gasteiger partial charge on any atom is -0.489 e.